The van der Waals surface area contributed by atoms with Gasteiger partial charge in [0.05, 0.1) is 6.54 Å². The highest BCUT2D eigenvalue weighted by molar-refractivity contribution is 14.0. The molecule has 148 valence electrons. The zero-order valence-electron chi connectivity index (χ0n) is 14.5. The summed E-state index contributed by atoms with van der Waals surface area (Å²) in [5, 5.41) is 6.80. The summed E-state index contributed by atoms with van der Waals surface area (Å²) in [5.74, 6) is 0.628. The third kappa shape index (κ3) is 8.72. The molecule has 0 aromatic carbocycles. The molecule has 2 N–H and O–H groups in total. The quantitative estimate of drug-likeness (QED) is 0.270. The van der Waals surface area contributed by atoms with Crippen molar-refractivity contribution in [1.29, 1.82) is 0 Å². The maximum atomic E-state index is 12.5. The number of nitrogens with one attached hydrogen (secondary N) is 2. The molecule has 5 nitrogen and oxygen atoms in total. The van der Waals surface area contributed by atoms with Crippen molar-refractivity contribution in [2.45, 2.75) is 32.0 Å². The van der Waals surface area contributed by atoms with Crippen molar-refractivity contribution in [2.75, 3.05) is 32.7 Å². The van der Waals surface area contributed by atoms with Crippen LogP contribution in [0, 0.1) is 0 Å². The van der Waals surface area contributed by atoms with Gasteiger partial charge in [-0.2, -0.15) is 13.2 Å². The number of guanidine groups is 1. The van der Waals surface area contributed by atoms with Gasteiger partial charge >= 0.3 is 6.18 Å². The van der Waals surface area contributed by atoms with E-state index >= 15 is 0 Å². The molecule has 10 heteroatoms. The molecule has 1 aliphatic heterocycles. The molecule has 1 aromatic heterocycles. The first-order chi connectivity index (χ1) is 11.9. The molecular weight excluding hydrogens is 482 g/mol. The number of nitrogens with zero attached hydrogens (tertiary/aromatic N) is 3. The summed E-state index contributed by atoms with van der Waals surface area (Å²) in [4.78, 5) is 9.93. The zero-order valence-corrected chi connectivity index (χ0v) is 17.6. The van der Waals surface area contributed by atoms with Gasteiger partial charge in [-0.1, -0.05) is 17.7 Å². The predicted octanol–water partition coefficient (Wildman–Crippen LogP) is 3.09. The molecule has 0 spiro atoms. The van der Waals surface area contributed by atoms with E-state index in [4.69, 9.17) is 11.6 Å². The summed E-state index contributed by atoms with van der Waals surface area (Å²) in [6, 6.07) is 3.60. The molecule has 2 heterocycles. The van der Waals surface area contributed by atoms with E-state index in [1.807, 2.05) is 13.0 Å². The highest BCUT2D eigenvalue weighted by atomic mass is 127. The van der Waals surface area contributed by atoms with Crippen LogP contribution >= 0.6 is 35.6 Å². The Morgan fingerprint density at radius 3 is 2.81 bits per heavy atom. The lowest BCUT2D eigenvalue weighted by molar-refractivity contribution is -0.143. The van der Waals surface area contributed by atoms with Gasteiger partial charge in [-0.15, -0.1) is 24.0 Å². The molecule has 26 heavy (non-hydrogen) atoms. The summed E-state index contributed by atoms with van der Waals surface area (Å²) < 4.78 is 37.4. The van der Waals surface area contributed by atoms with Crippen LogP contribution < -0.4 is 10.6 Å². The maximum Gasteiger partial charge on any atom is 0.401 e. The molecule has 2 rings (SSSR count). The molecule has 0 radical (unpaired) electrons. The molecular formula is C16H24ClF3IN5. The maximum absolute atomic E-state index is 12.5. The number of likely N-dealkylation sites (tertiary alicyclic amines) is 1. The fourth-order valence-corrected chi connectivity index (χ4v) is 2.82. The van der Waals surface area contributed by atoms with Crippen molar-refractivity contribution in [3.8, 4) is 0 Å². The summed E-state index contributed by atoms with van der Waals surface area (Å²) in [6.45, 7) is 3.14. The number of hydrogen-bond donors (Lipinski definition) is 2. The van der Waals surface area contributed by atoms with E-state index in [2.05, 4.69) is 20.6 Å². The van der Waals surface area contributed by atoms with Gasteiger partial charge in [0.25, 0.3) is 0 Å². The summed E-state index contributed by atoms with van der Waals surface area (Å²) in [5.41, 5.74) is 1.03. The van der Waals surface area contributed by atoms with Gasteiger partial charge in [-0.25, -0.2) is 4.98 Å². The van der Waals surface area contributed by atoms with Crippen LogP contribution in [0.25, 0.3) is 0 Å². The lowest BCUT2D eigenvalue weighted by Crippen LogP contribution is -2.45. The summed E-state index contributed by atoms with van der Waals surface area (Å²) >= 11 is 5.75. The Morgan fingerprint density at radius 2 is 2.19 bits per heavy atom. The molecule has 0 saturated carbocycles. The van der Waals surface area contributed by atoms with Gasteiger partial charge < -0.3 is 10.6 Å². The molecule has 1 aromatic rings. The Balaban J connectivity index is 0.00000338. The van der Waals surface area contributed by atoms with Crippen LogP contribution in [0.4, 0.5) is 13.2 Å². The summed E-state index contributed by atoms with van der Waals surface area (Å²) in [6.07, 6.45) is -1.06. The average Bonchev–Trinajstić information content (AvgIpc) is 2.94. The van der Waals surface area contributed by atoms with E-state index in [0.717, 1.165) is 5.56 Å². The Morgan fingerprint density at radius 1 is 1.42 bits per heavy atom. The van der Waals surface area contributed by atoms with E-state index in [1.165, 1.54) is 4.90 Å². The van der Waals surface area contributed by atoms with Crippen LogP contribution in [0.5, 0.6) is 0 Å². The molecule has 1 saturated heterocycles. The molecule has 1 atom stereocenters. The van der Waals surface area contributed by atoms with Crippen molar-refractivity contribution in [3.63, 3.8) is 0 Å². The lowest BCUT2D eigenvalue weighted by Gasteiger charge is -2.19. The largest absolute Gasteiger partial charge is 0.401 e. The lowest BCUT2D eigenvalue weighted by atomic mass is 10.2. The van der Waals surface area contributed by atoms with Gasteiger partial charge in [-0.3, -0.25) is 9.89 Å². The number of pyridine rings is 1. The second-order valence-electron chi connectivity index (χ2n) is 5.98. The number of aliphatic imine (C=N–C) groups is 1. The van der Waals surface area contributed by atoms with Gasteiger partial charge in [0.15, 0.2) is 5.96 Å². The Hall–Kier alpha value is -0.810. The van der Waals surface area contributed by atoms with Crippen molar-refractivity contribution < 1.29 is 13.2 Å². The van der Waals surface area contributed by atoms with Crippen molar-refractivity contribution >= 4 is 41.5 Å². The van der Waals surface area contributed by atoms with Gasteiger partial charge in [0.2, 0.25) is 0 Å². The number of halogens is 5. The first-order valence-electron chi connectivity index (χ1n) is 8.30. The van der Waals surface area contributed by atoms with E-state index in [1.54, 1.807) is 12.3 Å². The van der Waals surface area contributed by atoms with Crippen LogP contribution in [-0.4, -0.2) is 60.8 Å². The normalized spacial score (nSPS) is 18.5. The molecule has 0 aliphatic carbocycles. The topological polar surface area (TPSA) is 52.6 Å². The Labute approximate surface area is 173 Å². The zero-order chi connectivity index (χ0) is 18.3. The molecule has 0 bridgehead atoms. The van der Waals surface area contributed by atoms with Crippen molar-refractivity contribution in [3.05, 3.63) is 29.0 Å². The monoisotopic (exact) mass is 505 g/mol. The SMILES string of the molecule is CCNC(=NCCc1ccc(Cl)nc1)NC1CCN(CC(F)(F)F)C1.I. The van der Waals surface area contributed by atoms with Crippen LogP contribution in [0.15, 0.2) is 23.3 Å². The number of rotatable bonds is 6. The highest BCUT2D eigenvalue weighted by Crippen LogP contribution is 2.19. The van der Waals surface area contributed by atoms with E-state index in [-0.39, 0.29) is 30.0 Å². The number of hydrogen-bond acceptors (Lipinski definition) is 3. The van der Waals surface area contributed by atoms with Gasteiger partial charge in [0.1, 0.15) is 5.15 Å². The fourth-order valence-electron chi connectivity index (χ4n) is 2.71. The van der Waals surface area contributed by atoms with Crippen molar-refractivity contribution in [2.24, 2.45) is 4.99 Å². The van der Waals surface area contributed by atoms with Crippen molar-refractivity contribution in [1.82, 2.24) is 20.5 Å². The highest BCUT2D eigenvalue weighted by Gasteiger charge is 2.34. The molecule has 1 fully saturated rings. The first-order valence-corrected chi connectivity index (χ1v) is 8.68. The first kappa shape index (κ1) is 23.2. The molecule has 1 unspecified atom stereocenters. The second-order valence-corrected chi connectivity index (χ2v) is 6.37. The molecule has 1 aliphatic rings. The van der Waals surface area contributed by atoms with Gasteiger partial charge in [0, 0.05) is 38.4 Å². The minimum absolute atomic E-state index is 0. The average molecular weight is 506 g/mol. The standard InChI is InChI=1S/C16H23ClF3N5.HI/c1-2-21-15(22-7-5-12-3-4-14(17)23-9-12)24-13-6-8-25(10-13)11-16(18,19)20;/h3-4,9,13H,2,5-8,10-11H2,1H3,(H2,21,22,24);1H. The van der Waals surface area contributed by atoms with Crippen LogP contribution in [0.1, 0.15) is 18.9 Å². The van der Waals surface area contributed by atoms with Crippen LogP contribution in [0.3, 0.4) is 0 Å². The van der Waals surface area contributed by atoms with E-state index in [9.17, 15) is 13.2 Å². The third-order valence-electron chi connectivity index (χ3n) is 3.82. The third-order valence-corrected chi connectivity index (χ3v) is 4.04. The Kier molecular flexibility index (Phi) is 9.94. The van der Waals surface area contributed by atoms with Crippen LogP contribution in [0.2, 0.25) is 5.15 Å². The second kappa shape index (κ2) is 11.1. The number of alkyl halides is 3. The van der Waals surface area contributed by atoms with E-state index < -0.39 is 12.7 Å². The molecule has 0 amide bonds. The summed E-state index contributed by atoms with van der Waals surface area (Å²) in [7, 11) is 0. The van der Waals surface area contributed by atoms with E-state index in [0.29, 0.717) is 50.1 Å². The predicted molar refractivity (Wildman–Crippen MR) is 108 cm³/mol. The fraction of sp³-hybridized carbons (Fsp3) is 0.625. The minimum Gasteiger partial charge on any atom is -0.357 e. The van der Waals surface area contributed by atoms with Gasteiger partial charge in [-0.05, 0) is 31.4 Å². The number of aromatic nitrogens is 1. The Bertz CT molecular complexity index is 568. The smallest absolute Gasteiger partial charge is 0.357 e. The minimum atomic E-state index is -4.15. The van der Waals surface area contributed by atoms with Crippen LogP contribution in [-0.2, 0) is 6.42 Å².